The predicted molar refractivity (Wildman–Crippen MR) is 55.8 cm³/mol. The number of hydrogen-bond acceptors (Lipinski definition) is 2. The molecule has 1 unspecified atom stereocenters. The molecule has 88 valence electrons. The van der Waals surface area contributed by atoms with E-state index in [4.69, 9.17) is 0 Å². The van der Waals surface area contributed by atoms with Gasteiger partial charge >= 0.3 is 0 Å². The Morgan fingerprint density at radius 2 is 2.13 bits per heavy atom. The van der Waals surface area contributed by atoms with Crippen LogP contribution in [0.2, 0.25) is 0 Å². The van der Waals surface area contributed by atoms with Crippen molar-refractivity contribution >= 4 is 0 Å². The molecule has 0 amide bonds. The zero-order valence-corrected chi connectivity index (χ0v) is 9.39. The Labute approximate surface area is 89.6 Å². The molecule has 1 N–H and O–H groups in total. The number of aliphatic hydroxyl groups excluding tert-OH is 1. The second-order valence-electron chi connectivity index (χ2n) is 3.95. The fraction of sp³-hybridized carbons (Fsp3) is 0.818. The van der Waals surface area contributed by atoms with Crippen LogP contribution in [0.25, 0.3) is 0 Å². The Balaban J connectivity index is 0.000000531. The molecule has 0 saturated carbocycles. The molecule has 4 heteroatoms. The number of halogens is 2. The lowest BCUT2D eigenvalue weighted by molar-refractivity contribution is 0.0999. The Kier molecular flexibility index (Phi) is 4.22. The van der Waals surface area contributed by atoms with Crippen LogP contribution in [0.4, 0.5) is 8.78 Å². The van der Waals surface area contributed by atoms with E-state index in [1.54, 1.807) is 0 Å². The summed E-state index contributed by atoms with van der Waals surface area (Å²) in [5.41, 5.74) is -0.132. The monoisotopic (exact) mass is 219 g/mol. The minimum absolute atomic E-state index is 0.00375. The molecule has 0 aromatic carbocycles. The summed E-state index contributed by atoms with van der Waals surface area (Å²) < 4.78 is 24.6. The third-order valence-corrected chi connectivity index (χ3v) is 3.23. The first-order valence-electron chi connectivity index (χ1n) is 5.57. The lowest BCUT2D eigenvalue weighted by Crippen LogP contribution is -2.41. The van der Waals surface area contributed by atoms with E-state index in [1.165, 1.54) is 0 Å². The molecule has 0 aromatic rings. The smallest absolute Gasteiger partial charge is 0.270 e. The average Bonchev–Trinajstić information content (AvgIpc) is 2.76. The Morgan fingerprint density at radius 3 is 2.60 bits per heavy atom. The van der Waals surface area contributed by atoms with Gasteiger partial charge in [0.15, 0.2) is 0 Å². The van der Waals surface area contributed by atoms with Gasteiger partial charge in [-0.1, -0.05) is 13.8 Å². The minimum atomic E-state index is -1.55. The van der Waals surface area contributed by atoms with Gasteiger partial charge in [0, 0.05) is 17.7 Å². The van der Waals surface area contributed by atoms with E-state index >= 15 is 0 Å². The predicted octanol–water partition coefficient (Wildman–Crippen LogP) is 2.39. The van der Waals surface area contributed by atoms with Gasteiger partial charge in [0.1, 0.15) is 0 Å². The van der Waals surface area contributed by atoms with Gasteiger partial charge in [0.05, 0.1) is 6.61 Å². The van der Waals surface area contributed by atoms with Crippen LogP contribution in [0.3, 0.4) is 0 Å². The zero-order chi connectivity index (χ0) is 11.5. The summed E-state index contributed by atoms with van der Waals surface area (Å²) in [4.78, 5) is 1.99. The number of rotatable bonds is 1. The van der Waals surface area contributed by atoms with Gasteiger partial charge < -0.3 is 5.11 Å². The zero-order valence-electron chi connectivity index (χ0n) is 9.39. The Hall–Kier alpha value is -0.480. The fourth-order valence-electron chi connectivity index (χ4n) is 2.49. The highest BCUT2D eigenvalue weighted by atomic mass is 19.3. The van der Waals surface area contributed by atoms with Gasteiger partial charge in [-0.15, -0.1) is 0 Å². The third kappa shape index (κ3) is 2.21. The van der Waals surface area contributed by atoms with Gasteiger partial charge in [0.25, 0.3) is 6.08 Å². The van der Waals surface area contributed by atoms with E-state index in [0.717, 1.165) is 19.4 Å². The molecule has 2 aliphatic rings. The maximum absolute atomic E-state index is 12.3. The fourth-order valence-corrected chi connectivity index (χ4v) is 2.49. The number of fused-ring (bicyclic) bond motifs is 1. The number of aliphatic hydroxyl groups is 1. The summed E-state index contributed by atoms with van der Waals surface area (Å²) in [6, 6.07) is 0. The molecule has 15 heavy (non-hydrogen) atoms. The molecular weight excluding hydrogens is 200 g/mol. The third-order valence-electron chi connectivity index (χ3n) is 3.23. The summed E-state index contributed by atoms with van der Waals surface area (Å²) in [5.74, 6) is 0. The second kappa shape index (κ2) is 5.03. The molecular formula is C11H19F2NO. The summed E-state index contributed by atoms with van der Waals surface area (Å²) in [6.07, 6.45) is 0.663. The molecule has 0 bridgehead atoms. The van der Waals surface area contributed by atoms with Crippen LogP contribution in [-0.2, 0) is 0 Å². The van der Waals surface area contributed by atoms with Crippen LogP contribution in [0.15, 0.2) is 11.7 Å². The van der Waals surface area contributed by atoms with Crippen molar-refractivity contribution in [1.82, 2.24) is 4.90 Å². The highest BCUT2D eigenvalue weighted by Gasteiger charge is 2.46. The maximum Gasteiger partial charge on any atom is 0.270 e. The summed E-state index contributed by atoms with van der Waals surface area (Å²) >= 11 is 0. The van der Waals surface area contributed by atoms with E-state index < -0.39 is 6.08 Å². The Morgan fingerprint density at radius 1 is 1.47 bits per heavy atom. The summed E-state index contributed by atoms with van der Waals surface area (Å²) in [7, 11) is 0. The van der Waals surface area contributed by atoms with Gasteiger partial charge in [0.2, 0.25) is 0 Å². The van der Waals surface area contributed by atoms with Gasteiger partial charge in [-0.2, -0.15) is 8.78 Å². The molecule has 2 nitrogen and oxygen atoms in total. The molecule has 2 saturated heterocycles. The molecule has 2 rings (SSSR count). The van der Waals surface area contributed by atoms with Crippen molar-refractivity contribution < 1.29 is 13.9 Å². The van der Waals surface area contributed by atoms with Crippen LogP contribution in [0.5, 0.6) is 0 Å². The lowest BCUT2D eigenvalue weighted by Gasteiger charge is -2.28. The van der Waals surface area contributed by atoms with Crippen LogP contribution in [0, 0.1) is 0 Å². The molecule has 2 heterocycles. The highest BCUT2D eigenvalue weighted by molar-refractivity contribution is 5.20. The standard InChI is InChI=1S/C9H13F2NO.C2H6/c10-8(11)7-4-9(6-13)2-1-3-12(9)5-7;1-2/h13H,1-6H2;1-2H3. The molecule has 0 aliphatic carbocycles. The number of nitrogens with zero attached hydrogens (tertiary/aromatic N) is 1. The molecule has 0 aromatic heterocycles. The van der Waals surface area contributed by atoms with E-state index in [2.05, 4.69) is 0 Å². The number of hydrogen-bond donors (Lipinski definition) is 1. The molecule has 0 spiro atoms. The van der Waals surface area contributed by atoms with Crippen molar-refractivity contribution in [3.63, 3.8) is 0 Å². The first kappa shape index (κ1) is 12.6. The topological polar surface area (TPSA) is 23.5 Å². The van der Waals surface area contributed by atoms with Crippen molar-refractivity contribution in [3.8, 4) is 0 Å². The van der Waals surface area contributed by atoms with Crippen molar-refractivity contribution in [2.24, 2.45) is 0 Å². The van der Waals surface area contributed by atoms with E-state index in [0.29, 0.717) is 13.0 Å². The van der Waals surface area contributed by atoms with Crippen molar-refractivity contribution in [2.45, 2.75) is 38.6 Å². The first-order valence-corrected chi connectivity index (χ1v) is 5.57. The van der Waals surface area contributed by atoms with Gasteiger partial charge in [-0.05, 0) is 25.8 Å². The van der Waals surface area contributed by atoms with E-state index in [-0.39, 0.29) is 17.7 Å². The largest absolute Gasteiger partial charge is 0.394 e. The SMILES string of the molecule is CC.OCC12CCCN1CC(=C(F)F)C2. The van der Waals surface area contributed by atoms with Crippen LogP contribution < -0.4 is 0 Å². The summed E-state index contributed by atoms with van der Waals surface area (Å²) in [6.45, 7) is 5.20. The second-order valence-corrected chi connectivity index (χ2v) is 3.95. The van der Waals surface area contributed by atoms with Crippen molar-refractivity contribution in [2.75, 3.05) is 19.7 Å². The van der Waals surface area contributed by atoms with Gasteiger partial charge in [-0.25, -0.2) is 0 Å². The van der Waals surface area contributed by atoms with E-state index in [9.17, 15) is 13.9 Å². The minimum Gasteiger partial charge on any atom is -0.394 e. The normalized spacial score (nSPS) is 29.8. The summed E-state index contributed by atoms with van der Waals surface area (Å²) in [5, 5.41) is 9.22. The molecule has 2 aliphatic heterocycles. The van der Waals surface area contributed by atoms with Crippen LogP contribution in [0.1, 0.15) is 33.1 Å². The molecule has 2 fully saturated rings. The van der Waals surface area contributed by atoms with Gasteiger partial charge in [-0.3, -0.25) is 4.90 Å². The van der Waals surface area contributed by atoms with Crippen LogP contribution >= 0.6 is 0 Å². The van der Waals surface area contributed by atoms with Crippen LogP contribution in [-0.4, -0.2) is 35.2 Å². The first-order chi connectivity index (χ1) is 7.18. The quantitative estimate of drug-likeness (QED) is 0.732. The van der Waals surface area contributed by atoms with E-state index in [1.807, 2.05) is 18.7 Å². The molecule has 0 radical (unpaired) electrons. The highest BCUT2D eigenvalue weighted by Crippen LogP contribution is 2.42. The Bertz CT molecular complexity index is 251. The molecule has 1 atom stereocenters. The average molecular weight is 219 g/mol. The van der Waals surface area contributed by atoms with Crippen molar-refractivity contribution in [1.29, 1.82) is 0 Å². The van der Waals surface area contributed by atoms with Crippen molar-refractivity contribution in [3.05, 3.63) is 11.7 Å². The lowest BCUT2D eigenvalue weighted by atomic mass is 9.94. The maximum atomic E-state index is 12.3.